The summed E-state index contributed by atoms with van der Waals surface area (Å²) in [4.78, 5) is 10.9. The SMILES string of the molecule is COc1cc(F)cc(C2CC(C(=O)O)CN2)c1Cl. The Bertz CT molecular complexity index is 481. The molecule has 0 bridgehead atoms. The fourth-order valence-corrected chi connectivity index (χ4v) is 2.47. The van der Waals surface area contributed by atoms with E-state index in [2.05, 4.69) is 5.32 Å². The Labute approximate surface area is 109 Å². The highest BCUT2D eigenvalue weighted by Crippen LogP contribution is 2.37. The van der Waals surface area contributed by atoms with Gasteiger partial charge in [0.2, 0.25) is 0 Å². The van der Waals surface area contributed by atoms with Gasteiger partial charge in [0.1, 0.15) is 11.6 Å². The van der Waals surface area contributed by atoms with Crippen LogP contribution in [0.15, 0.2) is 12.1 Å². The highest BCUT2D eigenvalue weighted by atomic mass is 35.5. The first-order valence-corrected chi connectivity index (χ1v) is 5.90. The van der Waals surface area contributed by atoms with E-state index in [1.165, 1.54) is 19.2 Å². The molecule has 6 heteroatoms. The smallest absolute Gasteiger partial charge is 0.307 e. The maximum atomic E-state index is 13.4. The Morgan fingerprint density at radius 1 is 1.61 bits per heavy atom. The third-order valence-electron chi connectivity index (χ3n) is 3.11. The van der Waals surface area contributed by atoms with Gasteiger partial charge in [0, 0.05) is 18.7 Å². The first-order chi connectivity index (χ1) is 8.52. The molecule has 18 heavy (non-hydrogen) atoms. The van der Waals surface area contributed by atoms with E-state index < -0.39 is 17.7 Å². The van der Waals surface area contributed by atoms with Crippen molar-refractivity contribution in [2.45, 2.75) is 12.5 Å². The number of nitrogens with one attached hydrogen (secondary N) is 1. The van der Waals surface area contributed by atoms with E-state index in [4.69, 9.17) is 21.4 Å². The van der Waals surface area contributed by atoms with Crippen LogP contribution in [0, 0.1) is 11.7 Å². The number of halogens is 2. The minimum atomic E-state index is -0.857. The summed E-state index contributed by atoms with van der Waals surface area (Å²) in [6.45, 7) is 0.356. The van der Waals surface area contributed by atoms with Crippen molar-refractivity contribution in [2.75, 3.05) is 13.7 Å². The molecular weight excluding hydrogens is 261 g/mol. The monoisotopic (exact) mass is 273 g/mol. The maximum Gasteiger partial charge on any atom is 0.307 e. The Morgan fingerprint density at radius 2 is 2.33 bits per heavy atom. The number of hydrogen-bond acceptors (Lipinski definition) is 3. The second kappa shape index (κ2) is 5.12. The van der Waals surface area contributed by atoms with Crippen molar-refractivity contribution in [1.82, 2.24) is 5.32 Å². The van der Waals surface area contributed by atoms with Crippen LogP contribution in [0.25, 0.3) is 0 Å². The highest BCUT2D eigenvalue weighted by molar-refractivity contribution is 6.32. The van der Waals surface area contributed by atoms with Gasteiger partial charge in [-0.2, -0.15) is 0 Å². The molecule has 1 fully saturated rings. The van der Waals surface area contributed by atoms with Gasteiger partial charge >= 0.3 is 5.97 Å². The van der Waals surface area contributed by atoms with Crippen LogP contribution in [0.2, 0.25) is 5.02 Å². The molecule has 0 saturated carbocycles. The molecule has 1 aliphatic rings. The first kappa shape index (κ1) is 13.1. The minimum Gasteiger partial charge on any atom is -0.495 e. The van der Waals surface area contributed by atoms with Gasteiger partial charge in [0.05, 0.1) is 18.1 Å². The highest BCUT2D eigenvalue weighted by Gasteiger charge is 2.32. The van der Waals surface area contributed by atoms with Crippen molar-refractivity contribution in [3.8, 4) is 5.75 Å². The predicted molar refractivity (Wildman–Crippen MR) is 64.4 cm³/mol. The summed E-state index contributed by atoms with van der Waals surface area (Å²) in [7, 11) is 1.41. The van der Waals surface area contributed by atoms with Gasteiger partial charge < -0.3 is 15.2 Å². The van der Waals surface area contributed by atoms with E-state index in [-0.39, 0.29) is 11.8 Å². The molecule has 0 aliphatic carbocycles. The van der Waals surface area contributed by atoms with Crippen LogP contribution in [0.5, 0.6) is 5.75 Å². The van der Waals surface area contributed by atoms with Crippen LogP contribution in [-0.4, -0.2) is 24.7 Å². The van der Waals surface area contributed by atoms with Crippen LogP contribution in [0.3, 0.4) is 0 Å². The summed E-state index contributed by atoms with van der Waals surface area (Å²) in [5, 5.41) is 12.3. The second-order valence-corrected chi connectivity index (χ2v) is 4.62. The van der Waals surface area contributed by atoms with Gasteiger partial charge in [-0.1, -0.05) is 11.6 Å². The quantitative estimate of drug-likeness (QED) is 0.887. The molecule has 1 aromatic carbocycles. The number of carbonyl (C=O) groups is 1. The lowest BCUT2D eigenvalue weighted by Gasteiger charge is -2.15. The number of aliphatic carboxylic acids is 1. The Morgan fingerprint density at radius 3 is 2.89 bits per heavy atom. The second-order valence-electron chi connectivity index (χ2n) is 4.24. The summed E-state index contributed by atoms with van der Waals surface area (Å²) in [5.74, 6) is -1.52. The lowest BCUT2D eigenvalue weighted by atomic mass is 10.00. The maximum absolute atomic E-state index is 13.4. The summed E-state index contributed by atoms with van der Waals surface area (Å²) in [6, 6.07) is 2.26. The zero-order valence-corrected chi connectivity index (χ0v) is 10.5. The number of hydrogen-bond donors (Lipinski definition) is 2. The minimum absolute atomic E-state index is 0.257. The van der Waals surface area contributed by atoms with Crippen molar-refractivity contribution < 1.29 is 19.0 Å². The van der Waals surface area contributed by atoms with Gasteiger partial charge in [-0.05, 0) is 18.1 Å². The fraction of sp³-hybridized carbons (Fsp3) is 0.417. The van der Waals surface area contributed by atoms with Crippen molar-refractivity contribution in [3.05, 3.63) is 28.5 Å². The normalized spacial score (nSPS) is 23.1. The lowest BCUT2D eigenvalue weighted by Crippen LogP contribution is -2.17. The van der Waals surface area contributed by atoms with Crippen LogP contribution in [0.4, 0.5) is 4.39 Å². The summed E-state index contributed by atoms with van der Waals surface area (Å²) >= 11 is 6.11. The van der Waals surface area contributed by atoms with Crippen LogP contribution in [0.1, 0.15) is 18.0 Å². The number of carboxylic acid groups (broad SMARTS) is 1. The largest absolute Gasteiger partial charge is 0.495 e. The van der Waals surface area contributed by atoms with Gasteiger partial charge in [0.15, 0.2) is 0 Å². The molecule has 1 aromatic rings. The average Bonchev–Trinajstić information content (AvgIpc) is 2.81. The van der Waals surface area contributed by atoms with E-state index in [9.17, 15) is 9.18 Å². The van der Waals surface area contributed by atoms with E-state index in [1.54, 1.807) is 0 Å². The topological polar surface area (TPSA) is 58.6 Å². The third-order valence-corrected chi connectivity index (χ3v) is 3.51. The van der Waals surface area contributed by atoms with E-state index >= 15 is 0 Å². The summed E-state index contributed by atoms with van der Waals surface area (Å²) < 4.78 is 18.4. The zero-order chi connectivity index (χ0) is 13.3. The molecule has 0 amide bonds. The van der Waals surface area contributed by atoms with Gasteiger partial charge in [-0.25, -0.2) is 4.39 Å². The van der Waals surface area contributed by atoms with Crippen molar-refractivity contribution in [1.29, 1.82) is 0 Å². The van der Waals surface area contributed by atoms with Crippen LogP contribution < -0.4 is 10.1 Å². The Hall–Kier alpha value is -1.33. The van der Waals surface area contributed by atoms with E-state index in [0.29, 0.717) is 23.6 Å². The van der Waals surface area contributed by atoms with Crippen LogP contribution in [-0.2, 0) is 4.79 Å². The molecule has 1 saturated heterocycles. The number of carboxylic acids is 1. The van der Waals surface area contributed by atoms with Crippen molar-refractivity contribution in [2.24, 2.45) is 5.92 Å². The molecule has 98 valence electrons. The molecule has 4 nitrogen and oxygen atoms in total. The van der Waals surface area contributed by atoms with Gasteiger partial charge in [-0.15, -0.1) is 0 Å². The Balaban J connectivity index is 2.29. The summed E-state index contributed by atoms with van der Waals surface area (Å²) in [6.07, 6.45) is 0.391. The van der Waals surface area contributed by atoms with Gasteiger partial charge in [0.25, 0.3) is 0 Å². The van der Waals surface area contributed by atoms with Crippen molar-refractivity contribution >= 4 is 17.6 Å². The molecule has 1 heterocycles. The number of rotatable bonds is 3. The standard InChI is InChI=1S/C12H13ClFNO3/c1-18-10-4-7(14)3-8(11(10)13)9-2-6(5-15-9)12(16)17/h3-4,6,9,15H,2,5H2,1H3,(H,16,17). The number of benzene rings is 1. The molecule has 0 aromatic heterocycles. The molecule has 2 unspecified atom stereocenters. The molecule has 2 rings (SSSR count). The molecule has 2 N–H and O–H groups in total. The number of methoxy groups -OCH3 is 1. The van der Waals surface area contributed by atoms with E-state index in [1.807, 2.05) is 0 Å². The Kier molecular flexibility index (Phi) is 3.73. The summed E-state index contributed by atoms with van der Waals surface area (Å²) in [5.41, 5.74) is 0.539. The van der Waals surface area contributed by atoms with E-state index in [0.717, 1.165) is 0 Å². The molecule has 0 radical (unpaired) electrons. The van der Waals surface area contributed by atoms with Crippen LogP contribution >= 0.6 is 11.6 Å². The predicted octanol–water partition coefficient (Wildman–Crippen LogP) is 2.22. The fourth-order valence-electron chi connectivity index (χ4n) is 2.15. The third kappa shape index (κ3) is 2.42. The van der Waals surface area contributed by atoms with Gasteiger partial charge in [-0.3, -0.25) is 4.79 Å². The van der Waals surface area contributed by atoms with Crippen molar-refractivity contribution in [3.63, 3.8) is 0 Å². The zero-order valence-electron chi connectivity index (χ0n) is 9.74. The molecule has 0 spiro atoms. The molecule has 1 aliphatic heterocycles. The lowest BCUT2D eigenvalue weighted by molar-refractivity contribution is -0.141. The first-order valence-electron chi connectivity index (χ1n) is 5.52. The molecule has 2 atom stereocenters. The number of ether oxygens (including phenoxy) is 1. The molecular formula is C12H13ClFNO3. The average molecular weight is 274 g/mol.